The normalized spacial score (nSPS) is 12.4. The molecular formula is C13H13Cl2N3. The molecule has 94 valence electrons. The lowest BCUT2D eigenvalue weighted by Crippen LogP contribution is -2.21. The summed E-state index contributed by atoms with van der Waals surface area (Å²) in [7, 11) is 1.87. The van der Waals surface area contributed by atoms with Crippen LogP contribution in [0.3, 0.4) is 0 Å². The van der Waals surface area contributed by atoms with E-state index in [1.54, 1.807) is 30.6 Å². The van der Waals surface area contributed by atoms with Gasteiger partial charge in [0.1, 0.15) is 5.82 Å². The van der Waals surface area contributed by atoms with E-state index in [9.17, 15) is 0 Å². The predicted molar refractivity (Wildman–Crippen MR) is 74.0 cm³/mol. The summed E-state index contributed by atoms with van der Waals surface area (Å²) in [6.45, 7) is 0. The van der Waals surface area contributed by atoms with E-state index >= 15 is 0 Å². The highest BCUT2D eigenvalue weighted by molar-refractivity contribution is 6.33. The summed E-state index contributed by atoms with van der Waals surface area (Å²) < 4.78 is 0. The Bertz CT molecular complexity index is 517. The maximum absolute atomic E-state index is 6.16. The van der Waals surface area contributed by atoms with E-state index < -0.39 is 0 Å². The average molecular weight is 282 g/mol. The van der Waals surface area contributed by atoms with Crippen molar-refractivity contribution in [2.75, 3.05) is 7.05 Å². The van der Waals surface area contributed by atoms with Crippen LogP contribution in [0, 0.1) is 0 Å². The van der Waals surface area contributed by atoms with E-state index in [0.717, 1.165) is 11.4 Å². The molecule has 3 nitrogen and oxygen atoms in total. The third kappa shape index (κ3) is 3.19. The summed E-state index contributed by atoms with van der Waals surface area (Å²) in [6.07, 6.45) is 4.15. The summed E-state index contributed by atoms with van der Waals surface area (Å²) in [4.78, 5) is 8.50. The fraction of sp³-hybridized carbons (Fsp3) is 0.231. The second-order valence-electron chi connectivity index (χ2n) is 3.89. The monoisotopic (exact) mass is 281 g/mol. The van der Waals surface area contributed by atoms with Gasteiger partial charge in [-0.15, -0.1) is 0 Å². The Morgan fingerprint density at radius 1 is 1.22 bits per heavy atom. The third-order valence-corrected chi connectivity index (χ3v) is 3.28. The third-order valence-electron chi connectivity index (χ3n) is 2.68. The van der Waals surface area contributed by atoms with Crippen LogP contribution < -0.4 is 5.32 Å². The standard InChI is InChI=1S/C13H13Cl2N3/c1-16-12(13-17-5-2-6-18-13)8-9-7-10(14)3-4-11(9)15/h2-7,12,16H,8H2,1H3. The first-order chi connectivity index (χ1) is 8.70. The van der Waals surface area contributed by atoms with Gasteiger partial charge in [0.2, 0.25) is 0 Å². The molecule has 0 amide bonds. The summed E-state index contributed by atoms with van der Waals surface area (Å²) in [5.41, 5.74) is 0.982. The van der Waals surface area contributed by atoms with Gasteiger partial charge in [0.25, 0.3) is 0 Å². The molecule has 2 aromatic rings. The van der Waals surface area contributed by atoms with E-state index in [4.69, 9.17) is 23.2 Å². The minimum absolute atomic E-state index is 0.0159. The number of hydrogen-bond acceptors (Lipinski definition) is 3. The van der Waals surface area contributed by atoms with Crippen LogP contribution in [-0.4, -0.2) is 17.0 Å². The highest BCUT2D eigenvalue weighted by Gasteiger charge is 2.14. The minimum atomic E-state index is 0.0159. The number of benzene rings is 1. The van der Waals surface area contributed by atoms with Crippen molar-refractivity contribution in [3.63, 3.8) is 0 Å². The van der Waals surface area contributed by atoms with Crippen molar-refractivity contribution in [3.05, 3.63) is 58.1 Å². The first kappa shape index (κ1) is 13.3. The zero-order chi connectivity index (χ0) is 13.0. The van der Waals surface area contributed by atoms with Crippen LogP contribution >= 0.6 is 23.2 Å². The molecule has 1 unspecified atom stereocenters. The number of hydrogen-bond donors (Lipinski definition) is 1. The van der Waals surface area contributed by atoms with Crippen LogP contribution in [0.1, 0.15) is 17.4 Å². The lowest BCUT2D eigenvalue weighted by molar-refractivity contribution is 0.557. The molecular weight excluding hydrogens is 269 g/mol. The van der Waals surface area contributed by atoms with Gasteiger partial charge in [-0.2, -0.15) is 0 Å². The quantitative estimate of drug-likeness (QED) is 0.935. The first-order valence-electron chi connectivity index (χ1n) is 5.59. The van der Waals surface area contributed by atoms with Crippen LogP contribution in [0.15, 0.2) is 36.7 Å². The van der Waals surface area contributed by atoms with Gasteiger partial charge < -0.3 is 5.32 Å². The van der Waals surface area contributed by atoms with Crippen molar-refractivity contribution in [1.82, 2.24) is 15.3 Å². The Kier molecular flexibility index (Phi) is 4.53. The average Bonchev–Trinajstić information content (AvgIpc) is 2.41. The fourth-order valence-electron chi connectivity index (χ4n) is 1.73. The van der Waals surface area contributed by atoms with E-state index in [-0.39, 0.29) is 6.04 Å². The molecule has 5 heteroatoms. The van der Waals surface area contributed by atoms with E-state index in [0.29, 0.717) is 16.5 Å². The van der Waals surface area contributed by atoms with Crippen molar-refractivity contribution < 1.29 is 0 Å². The summed E-state index contributed by atoms with van der Waals surface area (Å²) >= 11 is 12.1. The molecule has 0 saturated carbocycles. The van der Waals surface area contributed by atoms with E-state index in [1.807, 2.05) is 13.1 Å². The first-order valence-corrected chi connectivity index (χ1v) is 6.34. The molecule has 1 atom stereocenters. The number of likely N-dealkylation sites (N-methyl/N-ethyl adjacent to an activating group) is 1. The number of halogens is 2. The highest BCUT2D eigenvalue weighted by Crippen LogP contribution is 2.24. The van der Waals surface area contributed by atoms with Gasteiger partial charge in [0.05, 0.1) is 6.04 Å². The second kappa shape index (κ2) is 6.14. The summed E-state index contributed by atoms with van der Waals surface area (Å²) in [5.74, 6) is 0.746. The fourth-order valence-corrected chi connectivity index (χ4v) is 2.12. The van der Waals surface area contributed by atoms with Gasteiger partial charge in [-0.3, -0.25) is 0 Å². The maximum Gasteiger partial charge on any atom is 0.145 e. The molecule has 0 aliphatic rings. The Labute approximate surface area is 116 Å². The lowest BCUT2D eigenvalue weighted by atomic mass is 10.1. The molecule has 1 aromatic heterocycles. The Morgan fingerprint density at radius 2 is 1.94 bits per heavy atom. The smallest absolute Gasteiger partial charge is 0.145 e. The van der Waals surface area contributed by atoms with Gasteiger partial charge in [-0.1, -0.05) is 23.2 Å². The predicted octanol–water partition coefficient (Wildman–Crippen LogP) is 3.29. The molecule has 1 heterocycles. The van der Waals surface area contributed by atoms with Crippen molar-refractivity contribution in [3.8, 4) is 0 Å². The Balaban J connectivity index is 2.23. The Morgan fingerprint density at radius 3 is 2.61 bits per heavy atom. The summed E-state index contributed by atoms with van der Waals surface area (Å²) in [6, 6.07) is 7.26. The van der Waals surface area contributed by atoms with Gasteiger partial charge in [0, 0.05) is 22.4 Å². The molecule has 0 aliphatic heterocycles. The molecule has 2 rings (SSSR count). The molecule has 0 bridgehead atoms. The van der Waals surface area contributed by atoms with Crippen LogP contribution in [0.4, 0.5) is 0 Å². The van der Waals surface area contributed by atoms with E-state index in [1.165, 1.54) is 0 Å². The van der Waals surface area contributed by atoms with Gasteiger partial charge in [-0.25, -0.2) is 9.97 Å². The zero-order valence-corrected chi connectivity index (χ0v) is 11.4. The van der Waals surface area contributed by atoms with Crippen LogP contribution in [-0.2, 0) is 6.42 Å². The number of nitrogens with zero attached hydrogens (tertiary/aromatic N) is 2. The van der Waals surface area contributed by atoms with E-state index in [2.05, 4.69) is 15.3 Å². The zero-order valence-electron chi connectivity index (χ0n) is 9.90. The molecule has 0 radical (unpaired) electrons. The topological polar surface area (TPSA) is 37.8 Å². The van der Waals surface area contributed by atoms with Crippen LogP contribution in [0.5, 0.6) is 0 Å². The lowest BCUT2D eigenvalue weighted by Gasteiger charge is -2.15. The highest BCUT2D eigenvalue weighted by atomic mass is 35.5. The second-order valence-corrected chi connectivity index (χ2v) is 4.73. The number of nitrogens with one attached hydrogen (secondary N) is 1. The Hall–Kier alpha value is -1.16. The maximum atomic E-state index is 6.16. The van der Waals surface area contributed by atoms with Gasteiger partial charge >= 0.3 is 0 Å². The van der Waals surface area contributed by atoms with Gasteiger partial charge in [-0.05, 0) is 43.3 Å². The van der Waals surface area contributed by atoms with Crippen molar-refractivity contribution in [2.45, 2.75) is 12.5 Å². The molecule has 18 heavy (non-hydrogen) atoms. The molecule has 0 aliphatic carbocycles. The van der Waals surface area contributed by atoms with Crippen LogP contribution in [0.25, 0.3) is 0 Å². The molecule has 0 fully saturated rings. The summed E-state index contributed by atoms with van der Waals surface area (Å²) in [5, 5.41) is 4.57. The number of aromatic nitrogens is 2. The van der Waals surface area contributed by atoms with Crippen molar-refractivity contribution in [1.29, 1.82) is 0 Å². The molecule has 1 N–H and O–H groups in total. The SMILES string of the molecule is CNC(Cc1cc(Cl)ccc1Cl)c1ncccn1. The minimum Gasteiger partial charge on any atom is -0.310 e. The molecule has 0 spiro atoms. The molecule has 0 saturated heterocycles. The van der Waals surface area contributed by atoms with Crippen LogP contribution in [0.2, 0.25) is 10.0 Å². The van der Waals surface area contributed by atoms with Gasteiger partial charge in [0.15, 0.2) is 0 Å². The molecule has 1 aromatic carbocycles. The largest absolute Gasteiger partial charge is 0.310 e. The number of rotatable bonds is 4. The van der Waals surface area contributed by atoms with Crippen molar-refractivity contribution in [2.24, 2.45) is 0 Å². The van der Waals surface area contributed by atoms with Crippen molar-refractivity contribution >= 4 is 23.2 Å².